The molecule has 3 nitrogen and oxygen atoms in total. The maximum absolute atomic E-state index is 12.0. The number of halogens is 2. The van der Waals surface area contributed by atoms with Crippen LogP contribution in [0.4, 0.5) is 0 Å². The highest BCUT2D eigenvalue weighted by Gasteiger charge is 2.29. The van der Waals surface area contributed by atoms with E-state index in [1.807, 2.05) is 6.92 Å². The monoisotopic (exact) mass is 275 g/mol. The molecule has 0 atom stereocenters. The van der Waals surface area contributed by atoms with Crippen molar-refractivity contribution in [1.82, 2.24) is 5.32 Å². The number of amides is 1. The molecule has 0 heterocycles. The van der Waals surface area contributed by atoms with Crippen LogP contribution in [0.15, 0.2) is 24.3 Å². The van der Waals surface area contributed by atoms with Crippen molar-refractivity contribution in [2.45, 2.75) is 18.9 Å². The Morgan fingerprint density at radius 2 is 1.94 bits per heavy atom. The second-order valence-corrected chi connectivity index (χ2v) is 4.41. The van der Waals surface area contributed by atoms with Crippen LogP contribution in [-0.4, -0.2) is 28.3 Å². The van der Waals surface area contributed by atoms with E-state index in [4.69, 9.17) is 23.2 Å². The summed E-state index contributed by atoms with van der Waals surface area (Å²) in [6.45, 7) is 1.90. The molecule has 5 heteroatoms. The van der Waals surface area contributed by atoms with Crippen LogP contribution in [0.3, 0.4) is 0 Å². The molecule has 1 aromatic carbocycles. The summed E-state index contributed by atoms with van der Waals surface area (Å²) in [5.74, 6) is 0.0315. The van der Waals surface area contributed by atoms with Gasteiger partial charge in [0.2, 0.25) is 0 Å². The first kappa shape index (κ1) is 14.1. The van der Waals surface area contributed by atoms with Crippen molar-refractivity contribution in [2.24, 2.45) is 0 Å². The number of hydrogen-bond acceptors (Lipinski definition) is 2. The van der Waals surface area contributed by atoms with Gasteiger partial charge in [0.15, 0.2) is 0 Å². The number of alkyl halides is 2. The number of benzene rings is 1. The van der Waals surface area contributed by atoms with E-state index < -0.39 is 5.54 Å². The molecule has 1 rings (SSSR count). The van der Waals surface area contributed by atoms with E-state index in [-0.39, 0.29) is 29.0 Å². The molecule has 0 unspecified atom stereocenters. The molecule has 0 saturated carbocycles. The molecule has 0 aromatic heterocycles. The molecular formula is C12H15Cl2NO2. The Labute approximate surface area is 111 Å². The fourth-order valence-electron chi connectivity index (χ4n) is 1.35. The van der Waals surface area contributed by atoms with E-state index in [2.05, 4.69) is 5.32 Å². The molecule has 0 bridgehead atoms. The Morgan fingerprint density at radius 3 is 2.41 bits per heavy atom. The summed E-state index contributed by atoms with van der Waals surface area (Å²) in [6.07, 6.45) is 0.624. The molecule has 1 aromatic rings. The summed E-state index contributed by atoms with van der Waals surface area (Å²) in [4.78, 5) is 12.0. The third-order valence-corrected chi connectivity index (χ3v) is 3.74. The van der Waals surface area contributed by atoms with Crippen LogP contribution in [-0.2, 0) is 0 Å². The molecule has 17 heavy (non-hydrogen) atoms. The second-order valence-electron chi connectivity index (χ2n) is 3.87. The number of hydrogen-bond donors (Lipinski definition) is 2. The number of nitrogens with one attached hydrogen (secondary N) is 1. The van der Waals surface area contributed by atoms with Crippen molar-refractivity contribution < 1.29 is 9.90 Å². The van der Waals surface area contributed by atoms with Crippen LogP contribution in [0, 0.1) is 0 Å². The van der Waals surface area contributed by atoms with Crippen molar-refractivity contribution in [2.75, 3.05) is 11.8 Å². The molecule has 0 spiro atoms. The quantitative estimate of drug-likeness (QED) is 0.812. The minimum atomic E-state index is -0.636. The standard InChI is InChI=1S/C12H15Cl2NO2/c1-2-12(7-13,8-14)15-11(17)9-5-3-4-6-10(9)16/h3-6,16H,2,7-8H2,1H3,(H,15,17). The highest BCUT2D eigenvalue weighted by Crippen LogP contribution is 2.19. The maximum atomic E-state index is 12.0. The summed E-state index contributed by atoms with van der Waals surface area (Å²) in [5.41, 5.74) is -0.414. The summed E-state index contributed by atoms with van der Waals surface area (Å²) in [7, 11) is 0. The molecular weight excluding hydrogens is 261 g/mol. The molecule has 1 amide bonds. The fraction of sp³-hybridized carbons (Fsp3) is 0.417. The van der Waals surface area contributed by atoms with Gasteiger partial charge in [0, 0.05) is 11.8 Å². The van der Waals surface area contributed by atoms with E-state index >= 15 is 0 Å². The van der Waals surface area contributed by atoms with E-state index in [1.165, 1.54) is 6.07 Å². The predicted octanol–water partition coefficient (Wildman–Crippen LogP) is 2.75. The summed E-state index contributed by atoms with van der Waals surface area (Å²) < 4.78 is 0. The fourth-order valence-corrected chi connectivity index (χ4v) is 2.15. The van der Waals surface area contributed by atoms with Gasteiger partial charge < -0.3 is 10.4 Å². The maximum Gasteiger partial charge on any atom is 0.255 e. The molecule has 0 saturated heterocycles. The zero-order valence-electron chi connectivity index (χ0n) is 9.54. The van der Waals surface area contributed by atoms with Crippen molar-refractivity contribution in [3.8, 4) is 5.75 Å². The first-order valence-corrected chi connectivity index (χ1v) is 6.38. The van der Waals surface area contributed by atoms with E-state index in [0.29, 0.717) is 6.42 Å². The molecule has 0 aliphatic rings. The van der Waals surface area contributed by atoms with Crippen molar-refractivity contribution in [3.63, 3.8) is 0 Å². The Kier molecular flexibility index (Phi) is 5.09. The van der Waals surface area contributed by atoms with Gasteiger partial charge in [-0.2, -0.15) is 0 Å². The third kappa shape index (κ3) is 3.27. The number of rotatable bonds is 5. The van der Waals surface area contributed by atoms with Crippen LogP contribution in [0.2, 0.25) is 0 Å². The zero-order chi connectivity index (χ0) is 12.9. The van der Waals surface area contributed by atoms with Crippen LogP contribution in [0.1, 0.15) is 23.7 Å². The number of phenols is 1. The van der Waals surface area contributed by atoms with Crippen LogP contribution in [0.5, 0.6) is 5.75 Å². The van der Waals surface area contributed by atoms with Gasteiger partial charge >= 0.3 is 0 Å². The average molecular weight is 276 g/mol. The minimum Gasteiger partial charge on any atom is -0.507 e. The smallest absolute Gasteiger partial charge is 0.255 e. The normalized spacial score (nSPS) is 11.2. The molecule has 0 aliphatic heterocycles. The topological polar surface area (TPSA) is 49.3 Å². The van der Waals surface area contributed by atoms with E-state index in [1.54, 1.807) is 18.2 Å². The number of phenolic OH excluding ortho intramolecular Hbond substituents is 1. The van der Waals surface area contributed by atoms with E-state index in [9.17, 15) is 9.90 Å². The Hall–Kier alpha value is -0.930. The first-order valence-electron chi connectivity index (χ1n) is 5.31. The van der Waals surface area contributed by atoms with Crippen molar-refractivity contribution >= 4 is 29.1 Å². The predicted molar refractivity (Wildman–Crippen MR) is 70.0 cm³/mol. The van der Waals surface area contributed by atoms with Crippen LogP contribution < -0.4 is 5.32 Å². The lowest BCUT2D eigenvalue weighted by atomic mass is 10.0. The minimum absolute atomic E-state index is 0.0563. The number of aromatic hydroxyl groups is 1. The average Bonchev–Trinajstić information content (AvgIpc) is 2.36. The number of para-hydroxylation sites is 1. The molecule has 0 fully saturated rings. The van der Waals surface area contributed by atoms with Gasteiger partial charge in [-0.05, 0) is 18.6 Å². The van der Waals surface area contributed by atoms with Gasteiger partial charge in [-0.1, -0.05) is 19.1 Å². The van der Waals surface area contributed by atoms with E-state index in [0.717, 1.165) is 0 Å². The van der Waals surface area contributed by atoms with Crippen molar-refractivity contribution in [1.29, 1.82) is 0 Å². The largest absolute Gasteiger partial charge is 0.507 e. The Balaban J connectivity index is 2.89. The van der Waals surface area contributed by atoms with Gasteiger partial charge in [-0.25, -0.2) is 0 Å². The lowest BCUT2D eigenvalue weighted by Crippen LogP contribution is -2.51. The van der Waals surface area contributed by atoms with Crippen LogP contribution in [0.25, 0.3) is 0 Å². The number of carbonyl (C=O) groups excluding carboxylic acids is 1. The highest BCUT2D eigenvalue weighted by molar-refractivity contribution is 6.22. The molecule has 2 N–H and O–H groups in total. The molecule has 94 valence electrons. The Morgan fingerprint density at radius 1 is 1.35 bits per heavy atom. The van der Waals surface area contributed by atoms with Gasteiger partial charge in [-0.3, -0.25) is 4.79 Å². The highest BCUT2D eigenvalue weighted by atomic mass is 35.5. The summed E-state index contributed by atoms with van der Waals surface area (Å²) in [6, 6.07) is 6.35. The first-order chi connectivity index (χ1) is 8.08. The SMILES string of the molecule is CCC(CCl)(CCl)NC(=O)c1ccccc1O. The van der Waals surface area contributed by atoms with Gasteiger partial charge in [-0.15, -0.1) is 23.2 Å². The molecule has 0 aliphatic carbocycles. The second kappa shape index (κ2) is 6.12. The Bertz CT molecular complexity index is 384. The lowest BCUT2D eigenvalue weighted by Gasteiger charge is -2.29. The van der Waals surface area contributed by atoms with Gasteiger partial charge in [0.25, 0.3) is 5.91 Å². The lowest BCUT2D eigenvalue weighted by molar-refractivity contribution is 0.0911. The number of carbonyl (C=O) groups is 1. The summed E-state index contributed by atoms with van der Waals surface area (Å²) in [5, 5.41) is 12.3. The van der Waals surface area contributed by atoms with Crippen LogP contribution >= 0.6 is 23.2 Å². The summed E-state index contributed by atoms with van der Waals surface area (Å²) >= 11 is 11.7. The van der Waals surface area contributed by atoms with Gasteiger partial charge in [0.1, 0.15) is 5.75 Å². The molecule has 0 radical (unpaired) electrons. The third-order valence-electron chi connectivity index (χ3n) is 2.72. The zero-order valence-corrected chi connectivity index (χ0v) is 11.1. The van der Waals surface area contributed by atoms with Gasteiger partial charge in [0.05, 0.1) is 11.1 Å². The van der Waals surface area contributed by atoms with Crippen molar-refractivity contribution in [3.05, 3.63) is 29.8 Å².